The lowest BCUT2D eigenvalue weighted by molar-refractivity contribution is 0.454. The molecule has 0 radical (unpaired) electrons. The first-order chi connectivity index (χ1) is 4.67. The molecule has 70 valence electrons. The maximum atomic E-state index is 4.53. The van der Waals surface area contributed by atoms with E-state index in [1.54, 1.807) is 11.8 Å². The summed E-state index contributed by atoms with van der Waals surface area (Å²) in [6, 6.07) is 0. The Morgan fingerprint density at radius 3 is 2.75 bits per heavy atom. The monoisotopic (exact) mass is 226 g/mol. The van der Waals surface area contributed by atoms with E-state index in [9.17, 15) is 0 Å². The molecule has 2 nitrogen and oxygen atoms in total. The van der Waals surface area contributed by atoms with Crippen molar-refractivity contribution in [2.24, 2.45) is 4.99 Å². The normalized spacial score (nSPS) is 22.5. The molecule has 0 N–H and O–H groups in total. The van der Waals surface area contributed by atoms with Gasteiger partial charge in [-0.2, -0.15) is 0 Å². The first kappa shape index (κ1) is 12.1. The molecule has 0 unspecified atom stereocenters. The van der Waals surface area contributed by atoms with E-state index < -0.39 is 0 Å². The second-order valence-electron chi connectivity index (χ2n) is 3.24. The second kappa shape index (κ2) is 3.90. The van der Waals surface area contributed by atoms with E-state index in [0.29, 0.717) is 0 Å². The molecule has 0 bridgehead atoms. The number of fused-ring (bicyclic) bond motifs is 1. The van der Waals surface area contributed by atoms with Crippen LogP contribution in [0.1, 0.15) is 13.8 Å². The molecule has 0 amide bonds. The van der Waals surface area contributed by atoms with Crippen molar-refractivity contribution < 1.29 is 0 Å². The van der Waals surface area contributed by atoms with Crippen LogP contribution in [0.5, 0.6) is 0 Å². The predicted octanol–water partition coefficient (Wildman–Crippen LogP) is 2.50. The Morgan fingerprint density at radius 1 is 1.50 bits per heavy atom. The van der Waals surface area contributed by atoms with E-state index in [4.69, 9.17) is 0 Å². The third-order valence-corrected chi connectivity index (χ3v) is 2.41. The molecule has 2 heterocycles. The highest BCUT2D eigenvalue weighted by Gasteiger charge is 2.31. The second-order valence-corrected chi connectivity index (χ2v) is 4.11. The van der Waals surface area contributed by atoms with Crippen molar-refractivity contribution in [2.75, 3.05) is 6.54 Å². The van der Waals surface area contributed by atoms with E-state index in [-0.39, 0.29) is 30.4 Å². The fourth-order valence-electron chi connectivity index (χ4n) is 1.22. The number of halogens is 2. The van der Waals surface area contributed by atoms with Crippen LogP contribution in [0.2, 0.25) is 0 Å². The molecule has 12 heavy (non-hydrogen) atoms. The van der Waals surface area contributed by atoms with E-state index >= 15 is 0 Å². The maximum Gasteiger partial charge on any atom is 0.168 e. The topological polar surface area (TPSA) is 15.6 Å². The number of amidine groups is 1. The maximum absolute atomic E-state index is 4.53. The molecular formula is C7H12Cl2N2S. The Labute approximate surface area is 89.3 Å². The molecule has 2 rings (SSSR count). The van der Waals surface area contributed by atoms with Gasteiger partial charge in [0.25, 0.3) is 0 Å². The molecule has 5 heteroatoms. The molecule has 0 fully saturated rings. The van der Waals surface area contributed by atoms with Gasteiger partial charge in [0.15, 0.2) is 5.17 Å². The van der Waals surface area contributed by atoms with Gasteiger partial charge in [0.1, 0.15) is 0 Å². The Morgan fingerprint density at radius 2 is 2.17 bits per heavy atom. The highest BCUT2D eigenvalue weighted by Crippen LogP contribution is 2.30. The zero-order valence-electron chi connectivity index (χ0n) is 6.98. The molecule has 0 saturated heterocycles. The molecule has 0 spiro atoms. The van der Waals surface area contributed by atoms with Crippen LogP contribution in [0.4, 0.5) is 0 Å². The van der Waals surface area contributed by atoms with Gasteiger partial charge in [-0.3, -0.25) is 4.99 Å². The van der Waals surface area contributed by atoms with Crippen molar-refractivity contribution in [3.63, 3.8) is 0 Å². The van der Waals surface area contributed by atoms with Crippen LogP contribution >= 0.6 is 36.6 Å². The van der Waals surface area contributed by atoms with E-state index in [1.165, 1.54) is 0 Å². The van der Waals surface area contributed by atoms with E-state index in [2.05, 4.69) is 35.3 Å². The highest BCUT2D eigenvalue weighted by molar-refractivity contribution is 8.16. The lowest BCUT2D eigenvalue weighted by atomic mass is 10.1. The van der Waals surface area contributed by atoms with Crippen LogP contribution < -0.4 is 0 Å². The molecule has 0 aromatic rings. The van der Waals surface area contributed by atoms with Gasteiger partial charge in [-0.1, -0.05) is 11.8 Å². The van der Waals surface area contributed by atoms with Crippen molar-refractivity contribution in [1.82, 2.24) is 4.90 Å². The lowest BCUT2D eigenvalue weighted by Crippen LogP contribution is -2.25. The number of hydrogen-bond acceptors (Lipinski definition) is 3. The summed E-state index contributed by atoms with van der Waals surface area (Å²) in [5, 5.41) is 3.23. The van der Waals surface area contributed by atoms with Crippen LogP contribution in [0.15, 0.2) is 16.6 Å². The first-order valence-corrected chi connectivity index (χ1v) is 4.25. The zero-order chi connectivity index (χ0) is 7.19. The summed E-state index contributed by atoms with van der Waals surface area (Å²) < 4.78 is 0. The summed E-state index contributed by atoms with van der Waals surface area (Å²) >= 11 is 1.71. The first-order valence-electron chi connectivity index (χ1n) is 3.37. The van der Waals surface area contributed by atoms with Crippen LogP contribution in [-0.4, -0.2) is 22.2 Å². The van der Waals surface area contributed by atoms with Gasteiger partial charge in [0.2, 0.25) is 0 Å². The van der Waals surface area contributed by atoms with Gasteiger partial charge in [-0.25, -0.2) is 0 Å². The van der Waals surface area contributed by atoms with Crippen molar-refractivity contribution in [3.05, 3.63) is 11.6 Å². The smallest absolute Gasteiger partial charge is 0.168 e. The quantitative estimate of drug-likeness (QED) is 0.631. The summed E-state index contributed by atoms with van der Waals surface area (Å²) in [6.45, 7) is 5.35. The average molecular weight is 227 g/mol. The van der Waals surface area contributed by atoms with Crippen molar-refractivity contribution in [2.45, 2.75) is 19.4 Å². The summed E-state index contributed by atoms with van der Waals surface area (Å²) in [7, 11) is 0. The number of nitrogens with zero attached hydrogens (tertiary/aromatic N) is 2. The Bertz CT molecular complexity index is 225. The van der Waals surface area contributed by atoms with E-state index in [0.717, 1.165) is 11.7 Å². The van der Waals surface area contributed by atoms with Gasteiger partial charge in [0.05, 0.1) is 5.54 Å². The summed E-state index contributed by atoms with van der Waals surface area (Å²) in [5.74, 6) is 0. The van der Waals surface area contributed by atoms with Gasteiger partial charge in [-0.05, 0) is 19.3 Å². The summed E-state index contributed by atoms with van der Waals surface area (Å²) in [4.78, 5) is 6.72. The SMILES string of the molecule is CC1(C)CN2C=CSC2=N1.Cl.Cl. The summed E-state index contributed by atoms with van der Waals surface area (Å²) in [5.41, 5.74) is 0.132. The summed E-state index contributed by atoms with van der Waals surface area (Å²) in [6.07, 6.45) is 2.10. The predicted molar refractivity (Wildman–Crippen MR) is 59.4 cm³/mol. The van der Waals surface area contributed by atoms with Gasteiger partial charge in [0, 0.05) is 12.7 Å². The molecule has 0 saturated carbocycles. The van der Waals surface area contributed by atoms with Crippen LogP contribution in [0.3, 0.4) is 0 Å². The fraction of sp³-hybridized carbons (Fsp3) is 0.571. The Balaban J connectivity index is 0.000000605. The zero-order valence-corrected chi connectivity index (χ0v) is 9.43. The molecule has 0 aromatic heterocycles. The van der Waals surface area contributed by atoms with Crippen molar-refractivity contribution in [1.29, 1.82) is 0 Å². The minimum Gasteiger partial charge on any atom is -0.325 e. The number of thioether (sulfide) groups is 1. The number of hydrogen-bond donors (Lipinski definition) is 0. The standard InChI is InChI=1S/C7H10N2S.2ClH/c1-7(2)5-9-3-4-10-6(9)8-7;;/h3-4H,5H2,1-2H3;2*1H. The van der Waals surface area contributed by atoms with Gasteiger partial charge >= 0.3 is 0 Å². The number of aliphatic imine (C=N–C) groups is 1. The van der Waals surface area contributed by atoms with Crippen LogP contribution in [0, 0.1) is 0 Å². The van der Waals surface area contributed by atoms with Crippen molar-refractivity contribution in [3.8, 4) is 0 Å². The molecule has 0 aromatic carbocycles. The molecular weight excluding hydrogens is 215 g/mol. The molecule has 0 aliphatic carbocycles. The van der Waals surface area contributed by atoms with Gasteiger partial charge in [-0.15, -0.1) is 24.8 Å². The molecule has 0 atom stereocenters. The third kappa shape index (κ3) is 2.09. The minimum atomic E-state index is 0. The van der Waals surface area contributed by atoms with E-state index in [1.807, 2.05) is 0 Å². The average Bonchev–Trinajstić information content (AvgIpc) is 2.20. The molecule has 2 aliphatic heterocycles. The fourth-order valence-corrected chi connectivity index (χ4v) is 2.11. The number of rotatable bonds is 0. The highest BCUT2D eigenvalue weighted by atomic mass is 35.5. The third-order valence-electron chi connectivity index (χ3n) is 1.62. The lowest BCUT2D eigenvalue weighted by Gasteiger charge is -2.14. The largest absolute Gasteiger partial charge is 0.325 e. The minimum absolute atomic E-state index is 0. The van der Waals surface area contributed by atoms with Crippen LogP contribution in [-0.2, 0) is 0 Å². The van der Waals surface area contributed by atoms with Crippen molar-refractivity contribution >= 4 is 41.7 Å². The Hall–Kier alpha value is 0.140. The molecule has 2 aliphatic rings. The van der Waals surface area contributed by atoms with Crippen LogP contribution in [0.25, 0.3) is 0 Å². The Kier molecular flexibility index (Phi) is 3.94. The van der Waals surface area contributed by atoms with Gasteiger partial charge < -0.3 is 4.90 Å².